The number of nitrogens with one attached hydrogen (secondary N) is 1. The summed E-state index contributed by atoms with van der Waals surface area (Å²) in [6, 6.07) is 6.19. The van der Waals surface area contributed by atoms with Gasteiger partial charge in [-0.25, -0.2) is 5.43 Å². The zero-order valence-electron chi connectivity index (χ0n) is 14.1. The van der Waals surface area contributed by atoms with Crippen LogP contribution in [0.2, 0.25) is 5.02 Å². The van der Waals surface area contributed by atoms with E-state index in [2.05, 4.69) is 10.5 Å². The van der Waals surface area contributed by atoms with Crippen LogP contribution in [0.3, 0.4) is 0 Å². The smallest absolute Gasteiger partial charge is 0.277 e. The molecule has 0 radical (unpaired) electrons. The van der Waals surface area contributed by atoms with Crippen LogP contribution in [0.1, 0.15) is 22.3 Å². The van der Waals surface area contributed by atoms with E-state index in [0.717, 1.165) is 11.1 Å². The Kier molecular flexibility index (Phi) is 5.88. The van der Waals surface area contributed by atoms with E-state index in [1.807, 2.05) is 13.8 Å². The second-order valence-electron chi connectivity index (χ2n) is 5.65. The number of phenolic OH excluding ortho intramolecular Hbond substituents is 2. The molecule has 0 aromatic heterocycles. The molecule has 0 spiro atoms. The lowest BCUT2D eigenvalue weighted by Gasteiger charge is -2.09. The van der Waals surface area contributed by atoms with E-state index in [-0.39, 0.29) is 18.1 Å². The Morgan fingerprint density at radius 1 is 1.16 bits per heavy atom. The minimum absolute atomic E-state index is 0.0434. The van der Waals surface area contributed by atoms with E-state index in [1.54, 1.807) is 19.1 Å². The molecule has 2 aromatic rings. The summed E-state index contributed by atoms with van der Waals surface area (Å²) >= 11 is 6.08. The zero-order chi connectivity index (χ0) is 18.6. The summed E-state index contributed by atoms with van der Waals surface area (Å²) in [6.45, 7) is 5.22. The molecule has 3 N–H and O–H groups in total. The lowest BCUT2D eigenvalue weighted by molar-refractivity contribution is -0.123. The van der Waals surface area contributed by atoms with Crippen LogP contribution >= 0.6 is 11.6 Å². The van der Waals surface area contributed by atoms with Crippen molar-refractivity contribution in [2.75, 3.05) is 6.61 Å². The number of carbonyl (C=O) groups is 1. The molecule has 0 aliphatic heterocycles. The van der Waals surface area contributed by atoms with Gasteiger partial charge in [0.05, 0.1) is 6.21 Å². The third-order valence-corrected chi connectivity index (χ3v) is 4.11. The maximum atomic E-state index is 11.8. The standard InChI is InChI=1S/C18H19ClN2O4/c1-10-4-13(22)7-16(23)15(10)8-20-21-17(24)9-25-14-5-11(2)18(19)12(3)6-14/h4-8,22-23H,9H2,1-3H3,(H,21,24)/b20-8+. The largest absolute Gasteiger partial charge is 0.508 e. The molecule has 2 rings (SSSR count). The molecule has 0 bridgehead atoms. The molecule has 0 atom stereocenters. The van der Waals surface area contributed by atoms with Crippen molar-refractivity contribution in [2.24, 2.45) is 5.10 Å². The van der Waals surface area contributed by atoms with Gasteiger partial charge in [-0.05, 0) is 55.7 Å². The van der Waals surface area contributed by atoms with Crippen LogP contribution in [0.4, 0.5) is 0 Å². The number of nitrogens with zero attached hydrogens (tertiary/aromatic N) is 1. The van der Waals surface area contributed by atoms with Crippen LogP contribution in [-0.2, 0) is 4.79 Å². The third-order valence-electron chi connectivity index (χ3n) is 3.51. The fourth-order valence-corrected chi connectivity index (χ4v) is 2.38. The molecule has 0 saturated heterocycles. The van der Waals surface area contributed by atoms with Gasteiger partial charge in [0.25, 0.3) is 5.91 Å². The highest BCUT2D eigenvalue weighted by Crippen LogP contribution is 2.26. The molecule has 6 nitrogen and oxygen atoms in total. The van der Waals surface area contributed by atoms with Crippen LogP contribution in [0.15, 0.2) is 29.4 Å². The molecule has 0 fully saturated rings. The van der Waals surface area contributed by atoms with Gasteiger partial charge in [0.2, 0.25) is 0 Å². The number of hydrazone groups is 1. The van der Waals surface area contributed by atoms with Crippen LogP contribution < -0.4 is 10.2 Å². The number of halogens is 1. The number of benzene rings is 2. The number of hydrogen-bond acceptors (Lipinski definition) is 5. The Morgan fingerprint density at radius 3 is 2.40 bits per heavy atom. The molecule has 1 amide bonds. The number of ether oxygens (including phenoxy) is 1. The van der Waals surface area contributed by atoms with Crippen LogP contribution in [0.5, 0.6) is 17.2 Å². The number of carbonyl (C=O) groups excluding carboxylic acids is 1. The minimum Gasteiger partial charge on any atom is -0.508 e. The minimum atomic E-state index is -0.447. The fourth-order valence-electron chi connectivity index (χ4n) is 2.27. The predicted octanol–water partition coefficient (Wildman–Crippen LogP) is 3.21. The second kappa shape index (κ2) is 7.90. The first-order valence-electron chi connectivity index (χ1n) is 7.52. The topological polar surface area (TPSA) is 91.2 Å². The first-order chi connectivity index (χ1) is 11.8. The summed E-state index contributed by atoms with van der Waals surface area (Å²) in [5, 5.41) is 23.6. The summed E-state index contributed by atoms with van der Waals surface area (Å²) in [7, 11) is 0. The molecule has 0 aliphatic carbocycles. The summed E-state index contributed by atoms with van der Waals surface area (Å²) in [5.74, 6) is -0.0695. The molecule has 2 aromatic carbocycles. The Bertz CT molecular complexity index is 788. The zero-order valence-corrected chi connectivity index (χ0v) is 14.9. The molecule has 25 heavy (non-hydrogen) atoms. The van der Waals surface area contributed by atoms with Gasteiger partial charge in [-0.1, -0.05) is 11.6 Å². The highest BCUT2D eigenvalue weighted by molar-refractivity contribution is 6.32. The Morgan fingerprint density at radius 2 is 1.80 bits per heavy atom. The first-order valence-corrected chi connectivity index (χ1v) is 7.89. The summed E-state index contributed by atoms with van der Waals surface area (Å²) in [6.07, 6.45) is 1.30. The molecule has 0 unspecified atom stereocenters. The van der Waals surface area contributed by atoms with E-state index in [9.17, 15) is 15.0 Å². The van der Waals surface area contributed by atoms with Crippen molar-refractivity contribution in [1.29, 1.82) is 0 Å². The first kappa shape index (κ1) is 18.6. The Labute approximate surface area is 150 Å². The molecule has 132 valence electrons. The van der Waals surface area contributed by atoms with Crippen LogP contribution in [-0.4, -0.2) is 28.9 Å². The number of aryl methyl sites for hydroxylation is 3. The molecule has 7 heteroatoms. The average Bonchev–Trinajstić information content (AvgIpc) is 2.52. The van der Waals surface area contributed by atoms with Crippen LogP contribution in [0, 0.1) is 20.8 Å². The average molecular weight is 363 g/mol. The van der Waals surface area contributed by atoms with Crippen molar-refractivity contribution < 1.29 is 19.7 Å². The van der Waals surface area contributed by atoms with Crippen molar-refractivity contribution in [3.8, 4) is 17.2 Å². The van der Waals surface area contributed by atoms with Gasteiger partial charge in [0.15, 0.2) is 6.61 Å². The summed E-state index contributed by atoms with van der Waals surface area (Å²) < 4.78 is 5.42. The number of phenols is 2. The van der Waals surface area contributed by atoms with Gasteiger partial charge in [-0.3, -0.25) is 4.79 Å². The van der Waals surface area contributed by atoms with Crippen molar-refractivity contribution in [3.05, 3.63) is 51.5 Å². The molecular formula is C18H19ClN2O4. The number of amides is 1. The number of aromatic hydroxyl groups is 2. The van der Waals surface area contributed by atoms with E-state index in [1.165, 1.54) is 18.3 Å². The van der Waals surface area contributed by atoms with Crippen molar-refractivity contribution >= 4 is 23.7 Å². The van der Waals surface area contributed by atoms with Gasteiger partial charge in [0, 0.05) is 16.7 Å². The summed E-state index contributed by atoms with van der Waals surface area (Å²) in [4.78, 5) is 11.8. The monoisotopic (exact) mass is 362 g/mol. The number of hydrogen-bond donors (Lipinski definition) is 3. The van der Waals surface area contributed by atoms with Gasteiger partial charge in [-0.15, -0.1) is 0 Å². The highest BCUT2D eigenvalue weighted by atomic mass is 35.5. The van der Waals surface area contributed by atoms with E-state index < -0.39 is 5.91 Å². The van der Waals surface area contributed by atoms with Gasteiger partial charge in [-0.2, -0.15) is 5.10 Å². The van der Waals surface area contributed by atoms with Gasteiger partial charge < -0.3 is 14.9 Å². The fraction of sp³-hybridized carbons (Fsp3) is 0.222. The van der Waals surface area contributed by atoms with Crippen molar-refractivity contribution in [3.63, 3.8) is 0 Å². The Balaban J connectivity index is 1.93. The third kappa shape index (κ3) is 4.87. The lowest BCUT2D eigenvalue weighted by Crippen LogP contribution is -2.24. The van der Waals surface area contributed by atoms with Crippen LogP contribution in [0.25, 0.3) is 0 Å². The number of rotatable bonds is 5. The SMILES string of the molecule is Cc1cc(OCC(=O)N/N=C/c2c(C)cc(O)cc2O)cc(C)c1Cl. The predicted molar refractivity (Wildman–Crippen MR) is 96.7 cm³/mol. The van der Waals surface area contributed by atoms with E-state index >= 15 is 0 Å². The van der Waals surface area contributed by atoms with E-state index in [4.69, 9.17) is 16.3 Å². The lowest BCUT2D eigenvalue weighted by atomic mass is 10.1. The van der Waals surface area contributed by atoms with Gasteiger partial charge in [0.1, 0.15) is 17.2 Å². The maximum absolute atomic E-state index is 11.8. The highest BCUT2D eigenvalue weighted by Gasteiger charge is 2.07. The van der Waals surface area contributed by atoms with Gasteiger partial charge >= 0.3 is 0 Å². The normalized spacial score (nSPS) is 10.9. The molecule has 0 heterocycles. The quantitative estimate of drug-likeness (QED) is 0.562. The Hall–Kier alpha value is -2.73. The van der Waals surface area contributed by atoms with Crippen molar-refractivity contribution in [2.45, 2.75) is 20.8 Å². The van der Waals surface area contributed by atoms with E-state index in [0.29, 0.717) is 21.9 Å². The molecule has 0 aliphatic rings. The van der Waals surface area contributed by atoms with Crippen molar-refractivity contribution in [1.82, 2.24) is 5.43 Å². The second-order valence-corrected chi connectivity index (χ2v) is 6.03. The summed E-state index contributed by atoms with van der Waals surface area (Å²) in [5.41, 5.74) is 5.08. The molecule has 0 saturated carbocycles. The maximum Gasteiger partial charge on any atom is 0.277 e. The molecular weight excluding hydrogens is 344 g/mol.